The number of aryl methyl sites for hydroxylation is 1. The van der Waals surface area contributed by atoms with Crippen molar-refractivity contribution in [3.05, 3.63) is 83.7 Å². The van der Waals surface area contributed by atoms with Crippen LogP contribution >= 0.6 is 0 Å². The van der Waals surface area contributed by atoms with E-state index in [1.165, 1.54) is 30.5 Å². The van der Waals surface area contributed by atoms with E-state index < -0.39 is 16.0 Å². The van der Waals surface area contributed by atoms with E-state index in [1.54, 1.807) is 30.3 Å². The average molecular weight is 514 g/mol. The number of hydrogen-bond acceptors (Lipinski definition) is 4. The van der Waals surface area contributed by atoms with Crippen molar-refractivity contribution in [1.82, 2.24) is 15.0 Å². The van der Waals surface area contributed by atoms with Crippen LogP contribution in [0.4, 0.5) is 8.78 Å². The fourth-order valence-corrected chi connectivity index (χ4v) is 5.80. The van der Waals surface area contributed by atoms with Gasteiger partial charge in [-0.25, -0.2) is 22.5 Å². The number of rotatable bonds is 7. The molecule has 0 unspecified atom stereocenters. The van der Waals surface area contributed by atoms with Gasteiger partial charge in [-0.05, 0) is 86.6 Å². The van der Waals surface area contributed by atoms with Crippen LogP contribution in [0.15, 0.2) is 65.7 Å². The lowest BCUT2D eigenvalue weighted by Crippen LogP contribution is -2.41. The largest absolute Gasteiger partial charge is 0.349 e. The maximum absolute atomic E-state index is 14.1. The zero-order valence-electron chi connectivity index (χ0n) is 20.2. The van der Waals surface area contributed by atoms with Crippen LogP contribution in [0.1, 0.15) is 49.8 Å². The molecule has 3 aromatic rings. The molecule has 1 saturated carbocycles. The van der Waals surface area contributed by atoms with Crippen LogP contribution in [0.3, 0.4) is 0 Å². The third-order valence-corrected chi connectivity index (χ3v) is 8.14. The van der Waals surface area contributed by atoms with Gasteiger partial charge in [0.25, 0.3) is 0 Å². The molecular formula is C27H29F2N3O3S. The molecule has 0 saturated heterocycles. The Balaban J connectivity index is 1.32. The van der Waals surface area contributed by atoms with E-state index in [-0.39, 0.29) is 34.6 Å². The molecule has 1 atom stereocenters. The first kappa shape index (κ1) is 25.9. The van der Waals surface area contributed by atoms with E-state index in [2.05, 4.69) is 15.0 Å². The second-order valence-corrected chi connectivity index (χ2v) is 11.0. The summed E-state index contributed by atoms with van der Waals surface area (Å²) in [6.07, 6.45) is 3.65. The molecule has 1 aliphatic rings. The van der Waals surface area contributed by atoms with E-state index in [4.69, 9.17) is 0 Å². The molecule has 0 bridgehead atoms. The lowest BCUT2D eigenvalue weighted by atomic mass is 9.85. The lowest BCUT2D eigenvalue weighted by molar-refractivity contribution is -0.126. The number of halogens is 2. The third-order valence-electron chi connectivity index (χ3n) is 6.60. The Labute approximate surface area is 210 Å². The Bertz CT molecular complexity index is 1320. The number of pyridine rings is 1. The summed E-state index contributed by atoms with van der Waals surface area (Å²) in [7, 11) is -3.76. The second kappa shape index (κ2) is 10.8. The van der Waals surface area contributed by atoms with Gasteiger partial charge in [-0.3, -0.25) is 4.79 Å². The number of amides is 1. The monoisotopic (exact) mass is 513 g/mol. The van der Waals surface area contributed by atoms with Crippen LogP contribution in [-0.2, 0) is 14.8 Å². The van der Waals surface area contributed by atoms with Gasteiger partial charge >= 0.3 is 0 Å². The van der Waals surface area contributed by atoms with Crippen molar-refractivity contribution in [1.29, 1.82) is 0 Å². The van der Waals surface area contributed by atoms with Crippen molar-refractivity contribution >= 4 is 15.9 Å². The van der Waals surface area contributed by atoms with Gasteiger partial charge in [0.15, 0.2) is 0 Å². The van der Waals surface area contributed by atoms with Gasteiger partial charge in [-0.2, -0.15) is 4.39 Å². The van der Waals surface area contributed by atoms with E-state index in [0.717, 1.165) is 11.1 Å². The molecule has 0 aliphatic heterocycles. The molecule has 1 aromatic heterocycles. The fourth-order valence-electron chi connectivity index (χ4n) is 4.50. The Hall–Kier alpha value is -3.17. The average Bonchev–Trinajstić information content (AvgIpc) is 2.86. The highest BCUT2D eigenvalue weighted by atomic mass is 32.2. The summed E-state index contributed by atoms with van der Waals surface area (Å²) in [5.74, 6) is -1.22. The molecule has 6 nitrogen and oxygen atoms in total. The number of aromatic nitrogens is 1. The molecule has 1 heterocycles. The Morgan fingerprint density at radius 1 is 1.00 bits per heavy atom. The number of carbonyl (C=O) groups excluding carboxylic acids is 1. The highest BCUT2D eigenvalue weighted by Gasteiger charge is 2.29. The van der Waals surface area contributed by atoms with E-state index in [0.29, 0.717) is 36.8 Å². The topological polar surface area (TPSA) is 88.2 Å². The highest BCUT2D eigenvalue weighted by Crippen LogP contribution is 2.28. The smallest absolute Gasteiger partial charge is 0.240 e. The summed E-state index contributed by atoms with van der Waals surface area (Å²) in [6.45, 7) is 3.66. The SMILES string of the molecule is Cc1cnc(F)c(-c2ccc(S(=O)(=O)NC3CCC(C(=O)N[C@H](C)c4ccc(F)cc4)CC3)cc2)c1. The second-order valence-electron chi connectivity index (χ2n) is 9.33. The van der Waals surface area contributed by atoms with Crippen molar-refractivity contribution in [2.24, 2.45) is 5.92 Å². The minimum atomic E-state index is -3.76. The van der Waals surface area contributed by atoms with E-state index in [9.17, 15) is 22.0 Å². The summed E-state index contributed by atoms with van der Waals surface area (Å²) >= 11 is 0. The summed E-state index contributed by atoms with van der Waals surface area (Å²) < 4.78 is 55.8. The summed E-state index contributed by atoms with van der Waals surface area (Å²) in [5.41, 5.74) is 2.49. The minimum Gasteiger partial charge on any atom is -0.349 e. The van der Waals surface area contributed by atoms with Crippen molar-refractivity contribution in [3.8, 4) is 11.1 Å². The zero-order valence-corrected chi connectivity index (χ0v) is 21.0. The van der Waals surface area contributed by atoms with Gasteiger partial charge in [0.05, 0.1) is 10.9 Å². The van der Waals surface area contributed by atoms with Gasteiger partial charge < -0.3 is 5.32 Å². The van der Waals surface area contributed by atoms with Crippen LogP contribution in [0, 0.1) is 24.6 Å². The van der Waals surface area contributed by atoms with Crippen LogP contribution in [0.2, 0.25) is 0 Å². The summed E-state index contributed by atoms with van der Waals surface area (Å²) in [6, 6.07) is 13.2. The predicted octanol–water partition coefficient (Wildman–Crippen LogP) is 5.05. The van der Waals surface area contributed by atoms with Crippen LogP contribution in [0.25, 0.3) is 11.1 Å². The molecule has 4 rings (SSSR count). The number of benzene rings is 2. The maximum atomic E-state index is 14.1. The molecule has 2 N–H and O–H groups in total. The molecule has 9 heteroatoms. The Morgan fingerprint density at radius 2 is 1.64 bits per heavy atom. The van der Waals surface area contributed by atoms with Crippen molar-refractivity contribution in [2.75, 3.05) is 0 Å². The van der Waals surface area contributed by atoms with E-state index in [1.807, 2.05) is 13.8 Å². The predicted molar refractivity (Wildman–Crippen MR) is 133 cm³/mol. The zero-order chi connectivity index (χ0) is 25.9. The summed E-state index contributed by atoms with van der Waals surface area (Å²) in [4.78, 5) is 16.5. The molecule has 0 spiro atoms. The first-order chi connectivity index (χ1) is 17.1. The molecule has 36 heavy (non-hydrogen) atoms. The number of nitrogens with one attached hydrogen (secondary N) is 2. The highest BCUT2D eigenvalue weighted by molar-refractivity contribution is 7.89. The number of hydrogen-bond donors (Lipinski definition) is 2. The first-order valence-corrected chi connectivity index (χ1v) is 13.4. The summed E-state index contributed by atoms with van der Waals surface area (Å²) in [5, 5.41) is 2.97. The van der Waals surface area contributed by atoms with Gasteiger partial charge in [0.1, 0.15) is 5.82 Å². The number of nitrogens with zero attached hydrogens (tertiary/aromatic N) is 1. The normalized spacial score (nSPS) is 19.0. The van der Waals surface area contributed by atoms with Crippen LogP contribution in [-0.4, -0.2) is 25.4 Å². The Kier molecular flexibility index (Phi) is 7.80. The molecule has 1 amide bonds. The van der Waals surface area contributed by atoms with Gasteiger partial charge in [-0.15, -0.1) is 0 Å². The lowest BCUT2D eigenvalue weighted by Gasteiger charge is -2.29. The van der Waals surface area contributed by atoms with Crippen LogP contribution < -0.4 is 10.0 Å². The van der Waals surface area contributed by atoms with Crippen LogP contribution in [0.5, 0.6) is 0 Å². The standard InChI is InChI=1S/C27H29F2N3O3S/c1-17-15-25(26(29)30-16-17)20-7-13-24(14-8-20)36(34,35)32-23-11-5-21(6-12-23)27(33)31-18(2)19-3-9-22(28)10-4-19/h3-4,7-10,13-16,18,21,23,32H,5-6,11-12H2,1-2H3,(H,31,33)/t18-,21?,23?/m1/s1. The van der Waals surface area contributed by atoms with Gasteiger partial charge in [0, 0.05) is 23.7 Å². The first-order valence-electron chi connectivity index (χ1n) is 11.9. The molecule has 1 fully saturated rings. The number of carbonyl (C=O) groups is 1. The maximum Gasteiger partial charge on any atom is 0.240 e. The Morgan fingerprint density at radius 3 is 2.28 bits per heavy atom. The minimum absolute atomic E-state index is 0.0819. The molecule has 2 aromatic carbocycles. The quantitative estimate of drug-likeness (QED) is 0.433. The molecule has 190 valence electrons. The van der Waals surface area contributed by atoms with Gasteiger partial charge in [-0.1, -0.05) is 24.3 Å². The fraction of sp³-hybridized carbons (Fsp3) is 0.333. The number of sulfonamides is 1. The third kappa shape index (κ3) is 6.14. The van der Waals surface area contributed by atoms with Crippen molar-refractivity contribution < 1.29 is 22.0 Å². The molecule has 0 radical (unpaired) electrons. The molecule has 1 aliphatic carbocycles. The van der Waals surface area contributed by atoms with E-state index >= 15 is 0 Å². The van der Waals surface area contributed by atoms with Crippen molar-refractivity contribution in [2.45, 2.75) is 56.5 Å². The molecular weight excluding hydrogens is 484 g/mol. The van der Waals surface area contributed by atoms with Gasteiger partial charge in [0.2, 0.25) is 21.9 Å². The van der Waals surface area contributed by atoms with Crippen molar-refractivity contribution in [3.63, 3.8) is 0 Å².